The van der Waals surface area contributed by atoms with Gasteiger partial charge in [-0.1, -0.05) is 24.3 Å². The van der Waals surface area contributed by atoms with Crippen molar-refractivity contribution >= 4 is 29.8 Å². The Morgan fingerprint density at radius 1 is 0.786 bits per heavy atom. The largest absolute Gasteiger partial charge is 0.490 e. The molecule has 2 N–H and O–H groups in total. The Bertz CT molecular complexity index is 767. The molecule has 148 valence electrons. The number of hydrazone groups is 2. The van der Waals surface area contributed by atoms with Crippen molar-refractivity contribution in [2.45, 2.75) is 39.9 Å². The van der Waals surface area contributed by atoms with Gasteiger partial charge in [-0.15, -0.1) is 0 Å². The first kappa shape index (κ1) is 21.4. The Balaban J connectivity index is 1.90. The molecule has 0 aliphatic rings. The summed E-state index contributed by atoms with van der Waals surface area (Å²) in [6.07, 6.45) is 3.48. The van der Waals surface area contributed by atoms with E-state index in [1.54, 1.807) is 12.4 Å². The van der Waals surface area contributed by atoms with Crippen molar-refractivity contribution in [3.63, 3.8) is 0 Å². The van der Waals surface area contributed by atoms with E-state index in [1.807, 2.05) is 76.2 Å². The lowest BCUT2D eigenvalue weighted by Crippen LogP contribution is -2.28. The molecule has 2 aromatic carbocycles. The third kappa shape index (κ3) is 7.36. The van der Waals surface area contributed by atoms with Crippen LogP contribution in [-0.2, 0) is 0 Å². The summed E-state index contributed by atoms with van der Waals surface area (Å²) >= 11 is 5.18. The zero-order valence-electron chi connectivity index (χ0n) is 16.5. The Hall–Kier alpha value is -2.93. The van der Waals surface area contributed by atoms with E-state index in [1.165, 1.54) is 0 Å². The van der Waals surface area contributed by atoms with E-state index in [-0.39, 0.29) is 17.3 Å². The Kier molecular flexibility index (Phi) is 8.42. The van der Waals surface area contributed by atoms with Crippen LogP contribution in [0.2, 0.25) is 0 Å². The fraction of sp³-hybridized carbons (Fsp3) is 0.286. The van der Waals surface area contributed by atoms with Crippen molar-refractivity contribution in [1.29, 1.82) is 0 Å². The first-order valence-corrected chi connectivity index (χ1v) is 9.50. The van der Waals surface area contributed by atoms with Gasteiger partial charge in [0.1, 0.15) is 11.5 Å². The van der Waals surface area contributed by atoms with Gasteiger partial charge in [-0.3, -0.25) is 10.9 Å². The highest BCUT2D eigenvalue weighted by Crippen LogP contribution is 2.18. The number of hydrogen-bond acceptors (Lipinski definition) is 5. The Morgan fingerprint density at radius 2 is 1.18 bits per heavy atom. The van der Waals surface area contributed by atoms with Crippen LogP contribution in [-0.4, -0.2) is 29.7 Å². The average molecular weight is 399 g/mol. The van der Waals surface area contributed by atoms with E-state index in [2.05, 4.69) is 21.1 Å². The minimum atomic E-state index is 0.0853. The molecule has 0 saturated carbocycles. The fourth-order valence-electron chi connectivity index (χ4n) is 2.24. The molecule has 7 heteroatoms. The maximum absolute atomic E-state index is 5.75. The molecule has 0 radical (unpaired) electrons. The van der Waals surface area contributed by atoms with Crippen LogP contribution in [0.3, 0.4) is 0 Å². The van der Waals surface area contributed by atoms with Crippen molar-refractivity contribution in [1.82, 2.24) is 10.9 Å². The summed E-state index contributed by atoms with van der Waals surface area (Å²) in [4.78, 5) is 0. The van der Waals surface area contributed by atoms with E-state index < -0.39 is 0 Å². The van der Waals surface area contributed by atoms with Crippen LogP contribution < -0.4 is 20.3 Å². The number of benzene rings is 2. The van der Waals surface area contributed by atoms with Gasteiger partial charge in [-0.2, -0.15) is 10.2 Å². The second-order valence-corrected chi connectivity index (χ2v) is 6.89. The predicted molar refractivity (Wildman–Crippen MR) is 118 cm³/mol. The number of nitrogens with zero attached hydrogens (tertiary/aromatic N) is 2. The number of ether oxygens (including phenoxy) is 2. The number of hydrogen-bond donors (Lipinski definition) is 2. The van der Waals surface area contributed by atoms with Crippen LogP contribution in [0.1, 0.15) is 38.8 Å². The van der Waals surface area contributed by atoms with Gasteiger partial charge in [-0.05, 0) is 64.2 Å². The zero-order valence-corrected chi connectivity index (χ0v) is 17.4. The highest BCUT2D eigenvalue weighted by molar-refractivity contribution is 7.80. The van der Waals surface area contributed by atoms with Gasteiger partial charge < -0.3 is 9.47 Å². The SMILES string of the molecule is CC(C)Oc1ccccc1/C=N\NC(=S)N/N=C\c1ccccc1OC(C)C. The van der Waals surface area contributed by atoms with Crippen LogP contribution in [0.15, 0.2) is 58.7 Å². The van der Waals surface area contributed by atoms with Gasteiger partial charge in [0.15, 0.2) is 0 Å². The number of nitrogens with one attached hydrogen (secondary N) is 2. The molecule has 0 aliphatic carbocycles. The van der Waals surface area contributed by atoms with Crippen LogP contribution in [0.25, 0.3) is 0 Å². The number of rotatable bonds is 8. The van der Waals surface area contributed by atoms with E-state index in [4.69, 9.17) is 21.7 Å². The van der Waals surface area contributed by atoms with Gasteiger partial charge in [0.05, 0.1) is 24.6 Å². The molecule has 0 heterocycles. The van der Waals surface area contributed by atoms with Crippen molar-refractivity contribution < 1.29 is 9.47 Å². The molecule has 2 rings (SSSR count). The fourth-order valence-corrected chi connectivity index (χ4v) is 2.35. The van der Waals surface area contributed by atoms with Crippen molar-refractivity contribution in [2.24, 2.45) is 10.2 Å². The molecule has 6 nitrogen and oxygen atoms in total. The predicted octanol–water partition coefficient (Wildman–Crippen LogP) is 4.09. The smallest absolute Gasteiger partial charge is 0.207 e. The highest BCUT2D eigenvalue weighted by Gasteiger charge is 2.03. The average Bonchev–Trinajstić information content (AvgIpc) is 2.64. The summed E-state index contributed by atoms with van der Waals surface area (Å²) < 4.78 is 11.5. The van der Waals surface area contributed by atoms with Gasteiger partial charge in [0.2, 0.25) is 5.11 Å². The van der Waals surface area contributed by atoms with Crippen molar-refractivity contribution in [2.75, 3.05) is 0 Å². The van der Waals surface area contributed by atoms with Crippen LogP contribution in [0, 0.1) is 0 Å². The van der Waals surface area contributed by atoms with Gasteiger partial charge in [0, 0.05) is 11.1 Å². The summed E-state index contributed by atoms with van der Waals surface area (Å²) in [5.74, 6) is 1.53. The lowest BCUT2D eigenvalue weighted by molar-refractivity contribution is 0.242. The molecule has 0 bridgehead atoms. The van der Waals surface area contributed by atoms with E-state index in [0.29, 0.717) is 0 Å². The standard InChI is InChI=1S/C21H26N4O2S/c1-15(2)26-19-11-7-5-9-17(19)13-22-24-21(28)25-23-14-18-10-6-8-12-20(18)27-16(3)4/h5-16H,1-4H3,(H2,24,25,28)/b22-13-,23-14-. The minimum absolute atomic E-state index is 0.0853. The molecule has 28 heavy (non-hydrogen) atoms. The summed E-state index contributed by atoms with van der Waals surface area (Å²) in [7, 11) is 0. The Labute approximate surface area is 171 Å². The summed E-state index contributed by atoms with van der Waals surface area (Å²) in [6, 6.07) is 15.3. The molecular weight excluding hydrogens is 372 g/mol. The van der Waals surface area contributed by atoms with Crippen molar-refractivity contribution in [3.8, 4) is 11.5 Å². The molecule has 0 fully saturated rings. The van der Waals surface area contributed by atoms with Crippen LogP contribution in [0.4, 0.5) is 0 Å². The molecule has 0 saturated heterocycles. The van der Waals surface area contributed by atoms with E-state index >= 15 is 0 Å². The quantitative estimate of drug-likeness (QED) is 0.398. The monoisotopic (exact) mass is 398 g/mol. The molecule has 0 spiro atoms. The lowest BCUT2D eigenvalue weighted by atomic mass is 10.2. The normalized spacial score (nSPS) is 11.4. The lowest BCUT2D eigenvalue weighted by Gasteiger charge is -2.12. The maximum atomic E-state index is 5.75. The first-order chi connectivity index (χ1) is 13.5. The Morgan fingerprint density at radius 3 is 1.57 bits per heavy atom. The summed E-state index contributed by atoms with van der Waals surface area (Å²) in [6.45, 7) is 7.92. The topological polar surface area (TPSA) is 67.2 Å². The molecule has 0 atom stereocenters. The van der Waals surface area contributed by atoms with Crippen molar-refractivity contribution in [3.05, 3.63) is 59.7 Å². The van der Waals surface area contributed by atoms with Gasteiger partial charge in [0.25, 0.3) is 0 Å². The molecule has 0 aliphatic heterocycles. The van der Waals surface area contributed by atoms with E-state index in [0.717, 1.165) is 22.6 Å². The van der Waals surface area contributed by atoms with Gasteiger partial charge in [-0.25, -0.2) is 0 Å². The van der Waals surface area contributed by atoms with Gasteiger partial charge >= 0.3 is 0 Å². The first-order valence-electron chi connectivity index (χ1n) is 9.09. The summed E-state index contributed by atoms with van der Waals surface area (Å²) in [5, 5.41) is 8.54. The third-order valence-electron chi connectivity index (χ3n) is 3.30. The van der Waals surface area contributed by atoms with E-state index in [9.17, 15) is 0 Å². The third-order valence-corrected chi connectivity index (χ3v) is 3.49. The molecule has 2 aromatic rings. The molecule has 0 amide bonds. The molecule has 0 unspecified atom stereocenters. The maximum Gasteiger partial charge on any atom is 0.207 e. The van der Waals surface area contributed by atoms with Crippen LogP contribution in [0.5, 0.6) is 11.5 Å². The second-order valence-electron chi connectivity index (χ2n) is 6.48. The number of thiocarbonyl (C=S) groups is 1. The second kappa shape index (κ2) is 11.0. The molecule has 0 aromatic heterocycles. The molecular formula is C21H26N4O2S. The number of para-hydroxylation sites is 2. The zero-order chi connectivity index (χ0) is 20.4. The van der Waals surface area contributed by atoms with Crippen LogP contribution >= 0.6 is 12.2 Å². The minimum Gasteiger partial charge on any atom is -0.490 e. The summed E-state index contributed by atoms with van der Waals surface area (Å²) in [5.41, 5.74) is 7.18. The highest BCUT2D eigenvalue weighted by atomic mass is 32.1.